The van der Waals surface area contributed by atoms with E-state index in [4.69, 9.17) is 0 Å². The second-order valence-corrected chi connectivity index (χ2v) is 4.32. The monoisotopic (exact) mass is 240 g/mol. The molecule has 0 spiro atoms. The number of hydrogen-bond acceptors (Lipinski definition) is 2. The van der Waals surface area contributed by atoms with Crippen molar-refractivity contribution in [3.05, 3.63) is 29.3 Å². The van der Waals surface area contributed by atoms with Gasteiger partial charge >= 0.3 is 0 Å². The molecule has 0 aliphatic heterocycles. The van der Waals surface area contributed by atoms with Crippen LogP contribution in [-0.2, 0) is 6.42 Å². The Hall–Kier alpha value is -0.830. The Balaban J connectivity index is 2.50. The number of fused-ring (bicyclic) bond motifs is 1. The molecule has 1 unspecified atom stereocenters. The Bertz CT molecular complexity index is 360. The second kappa shape index (κ2) is 3.14. The molecule has 1 aliphatic rings. The van der Waals surface area contributed by atoms with Gasteiger partial charge in [-0.2, -0.15) is 0 Å². The van der Waals surface area contributed by atoms with E-state index in [1.54, 1.807) is 18.2 Å². The van der Waals surface area contributed by atoms with Crippen LogP contribution in [0, 0.1) is 0 Å². The zero-order valence-corrected chi connectivity index (χ0v) is 8.54. The molecule has 0 fully saturated rings. The number of phenolic OH excluding ortho intramolecular Hbond substituents is 1. The van der Waals surface area contributed by atoms with Gasteiger partial charge in [-0.15, -0.1) is 0 Å². The van der Waals surface area contributed by atoms with Crippen LogP contribution in [0.5, 0.6) is 5.75 Å². The van der Waals surface area contributed by atoms with Gasteiger partial charge in [0.15, 0.2) is 5.78 Å². The lowest BCUT2D eigenvalue weighted by Gasteiger charge is -2.18. The SMILES string of the molecule is O=C1c2ccc(O)cc2CCC1Br. The van der Waals surface area contributed by atoms with Crippen molar-refractivity contribution in [1.82, 2.24) is 0 Å². The summed E-state index contributed by atoms with van der Waals surface area (Å²) in [6.07, 6.45) is 1.67. The number of phenols is 1. The van der Waals surface area contributed by atoms with E-state index < -0.39 is 0 Å². The summed E-state index contributed by atoms with van der Waals surface area (Å²) in [4.78, 5) is 11.5. The van der Waals surface area contributed by atoms with Gasteiger partial charge in [-0.05, 0) is 36.6 Å². The number of hydrogen-bond donors (Lipinski definition) is 1. The molecule has 1 aromatic carbocycles. The molecule has 2 nitrogen and oxygen atoms in total. The Morgan fingerprint density at radius 3 is 3.00 bits per heavy atom. The third-order valence-electron chi connectivity index (χ3n) is 2.31. The van der Waals surface area contributed by atoms with Crippen molar-refractivity contribution in [2.75, 3.05) is 0 Å². The zero-order chi connectivity index (χ0) is 9.42. The lowest BCUT2D eigenvalue weighted by Crippen LogP contribution is -2.22. The molecule has 1 aromatic rings. The number of rotatable bonds is 0. The van der Waals surface area contributed by atoms with Crippen molar-refractivity contribution in [2.45, 2.75) is 17.7 Å². The van der Waals surface area contributed by atoms with Gasteiger partial charge in [-0.25, -0.2) is 0 Å². The highest BCUT2D eigenvalue weighted by Gasteiger charge is 2.24. The molecule has 1 aliphatic carbocycles. The third kappa shape index (κ3) is 1.48. The minimum absolute atomic E-state index is 0.0513. The highest BCUT2D eigenvalue weighted by atomic mass is 79.9. The summed E-state index contributed by atoms with van der Waals surface area (Å²) in [7, 11) is 0. The predicted molar refractivity (Wildman–Crippen MR) is 53.5 cm³/mol. The van der Waals surface area contributed by atoms with Crippen LogP contribution in [0.25, 0.3) is 0 Å². The summed E-state index contributed by atoms with van der Waals surface area (Å²) in [5.41, 5.74) is 1.70. The van der Waals surface area contributed by atoms with E-state index in [-0.39, 0.29) is 16.4 Å². The summed E-state index contributed by atoms with van der Waals surface area (Å²) >= 11 is 3.33. The maximum absolute atomic E-state index is 11.6. The molecule has 2 rings (SSSR count). The first-order valence-corrected chi connectivity index (χ1v) is 5.10. The molecule has 0 radical (unpaired) electrons. The number of carbonyl (C=O) groups is 1. The molecule has 1 atom stereocenters. The van der Waals surface area contributed by atoms with Crippen molar-refractivity contribution < 1.29 is 9.90 Å². The lowest BCUT2D eigenvalue weighted by molar-refractivity contribution is 0.0981. The summed E-state index contributed by atoms with van der Waals surface area (Å²) in [5, 5.41) is 9.22. The number of aromatic hydroxyl groups is 1. The van der Waals surface area contributed by atoms with E-state index in [1.807, 2.05) is 0 Å². The largest absolute Gasteiger partial charge is 0.508 e. The number of ketones is 1. The molecule has 0 heterocycles. The van der Waals surface area contributed by atoms with Gasteiger partial charge in [0.05, 0.1) is 4.83 Å². The van der Waals surface area contributed by atoms with Gasteiger partial charge < -0.3 is 5.11 Å². The number of benzene rings is 1. The van der Waals surface area contributed by atoms with Crippen molar-refractivity contribution >= 4 is 21.7 Å². The Morgan fingerprint density at radius 2 is 2.23 bits per heavy atom. The van der Waals surface area contributed by atoms with Crippen molar-refractivity contribution in [3.8, 4) is 5.75 Å². The van der Waals surface area contributed by atoms with Crippen molar-refractivity contribution in [1.29, 1.82) is 0 Å². The maximum atomic E-state index is 11.6. The summed E-state index contributed by atoms with van der Waals surface area (Å²) < 4.78 is 0. The zero-order valence-electron chi connectivity index (χ0n) is 6.96. The van der Waals surface area contributed by atoms with Crippen LogP contribution < -0.4 is 0 Å². The van der Waals surface area contributed by atoms with Crippen molar-refractivity contribution in [2.24, 2.45) is 0 Å². The molecular weight excluding hydrogens is 232 g/mol. The van der Waals surface area contributed by atoms with Crippen LogP contribution >= 0.6 is 15.9 Å². The van der Waals surface area contributed by atoms with Gasteiger partial charge in [0.25, 0.3) is 0 Å². The first kappa shape index (κ1) is 8.75. The minimum Gasteiger partial charge on any atom is -0.508 e. The van der Waals surface area contributed by atoms with E-state index in [2.05, 4.69) is 15.9 Å². The van der Waals surface area contributed by atoms with Crippen LogP contribution in [0.1, 0.15) is 22.3 Å². The Morgan fingerprint density at radius 1 is 1.46 bits per heavy atom. The third-order valence-corrected chi connectivity index (χ3v) is 3.18. The second-order valence-electron chi connectivity index (χ2n) is 3.21. The fraction of sp³-hybridized carbons (Fsp3) is 0.300. The standard InChI is InChI=1S/C10H9BrO2/c11-9-4-1-6-5-7(12)2-3-8(6)10(9)13/h2-3,5,9,12H,1,4H2. The molecular formula is C10H9BrO2. The molecule has 68 valence electrons. The number of Topliss-reactive ketones (excluding diaryl/α,β-unsaturated/α-hetero) is 1. The smallest absolute Gasteiger partial charge is 0.176 e. The van der Waals surface area contributed by atoms with Crippen LogP contribution in [0.15, 0.2) is 18.2 Å². The number of halogens is 1. The normalized spacial score (nSPS) is 21.3. The molecule has 3 heteroatoms. The minimum atomic E-state index is -0.0513. The van der Waals surface area contributed by atoms with Gasteiger partial charge in [0.2, 0.25) is 0 Å². The van der Waals surface area contributed by atoms with Gasteiger partial charge in [-0.1, -0.05) is 15.9 Å². The highest BCUT2D eigenvalue weighted by Crippen LogP contribution is 2.27. The van der Waals surface area contributed by atoms with Gasteiger partial charge in [0, 0.05) is 5.56 Å². The number of alkyl halides is 1. The van der Waals surface area contributed by atoms with Crippen LogP contribution in [0.3, 0.4) is 0 Å². The molecule has 0 saturated heterocycles. The lowest BCUT2D eigenvalue weighted by atomic mass is 9.90. The van der Waals surface area contributed by atoms with E-state index in [1.165, 1.54) is 0 Å². The number of carbonyl (C=O) groups excluding carboxylic acids is 1. The molecule has 0 saturated carbocycles. The summed E-state index contributed by atoms with van der Waals surface area (Å²) in [5.74, 6) is 0.362. The predicted octanol–water partition coefficient (Wildman–Crippen LogP) is 2.28. The summed E-state index contributed by atoms with van der Waals surface area (Å²) in [6.45, 7) is 0. The van der Waals surface area contributed by atoms with Crippen LogP contribution in [-0.4, -0.2) is 15.7 Å². The molecule has 1 N–H and O–H groups in total. The highest BCUT2D eigenvalue weighted by molar-refractivity contribution is 9.10. The molecule has 0 amide bonds. The first-order chi connectivity index (χ1) is 6.18. The van der Waals surface area contributed by atoms with Gasteiger partial charge in [-0.3, -0.25) is 4.79 Å². The van der Waals surface area contributed by atoms with E-state index in [9.17, 15) is 9.90 Å². The van der Waals surface area contributed by atoms with E-state index >= 15 is 0 Å². The maximum Gasteiger partial charge on any atom is 0.176 e. The quantitative estimate of drug-likeness (QED) is 0.707. The average Bonchev–Trinajstić information content (AvgIpc) is 2.12. The van der Waals surface area contributed by atoms with Gasteiger partial charge in [0.1, 0.15) is 5.75 Å². The van der Waals surface area contributed by atoms with E-state index in [0.717, 1.165) is 24.0 Å². The summed E-state index contributed by atoms with van der Waals surface area (Å²) in [6, 6.07) is 4.92. The molecule has 0 bridgehead atoms. The van der Waals surface area contributed by atoms with E-state index in [0.29, 0.717) is 0 Å². The fourth-order valence-corrected chi connectivity index (χ4v) is 2.08. The molecule has 13 heavy (non-hydrogen) atoms. The Labute approximate surface area is 84.7 Å². The average molecular weight is 241 g/mol. The topological polar surface area (TPSA) is 37.3 Å². The molecule has 0 aromatic heterocycles. The number of aryl methyl sites for hydroxylation is 1. The fourth-order valence-electron chi connectivity index (χ4n) is 1.61. The van der Waals surface area contributed by atoms with Crippen molar-refractivity contribution in [3.63, 3.8) is 0 Å². The Kier molecular flexibility index (Phi) is 2.12. The first-order valence-electron chi connectivity index (χ1n) is 4.18. The van der Waals surface area contributed by atoms with Crippen LogP contribution in [0.2, 0.25) is 0 Å². The van der Waals surface area contributed by atoms with Crippen LogP contribution in [0.4, 0.5) is 0 Å².